The molecule has 1 N–H and O–H groups in total. The first-order valence-corrected chi connectivity index (χ1v) is 15.0. The Hall–Kier alpha value is -4.05. The number of para-hydroxylation sites is 1. The first-order valence-electron chi connectivity index (χ1n) is 13.6. The Morgan fingerprint density at radius 2 is 1.59 bits per heavy atom. The maximum Gasteiger partial charge on any atom is 0.264 e. The van der Waals surface area contributed by atoms with Crippen molar-refractivity contribution in [3.05, 3.63) is 83.9 Å². The van der Waals surface area contributed by atoms with Gasteiger partial charge in [0.25, 0.3) is 10.0 Å². The van der Waals surface area contributed by atoms with Gasteiger partial charge in [-0.05, 0) is 55.7 Å². The zero-order chi connectivity index (χ0) is 30.0. The first-order chi connectivity index (χ1) is 19.6. The highest BCUT2D eigenvalue weighted by atomic mass is 32.2. The molecule has 0 fully saturated rings. The van der Waals surface area contributed by atoms with Crippen LogP contribution in [0.25, 0.3) is 0 Å². The molecule has 3 rings (SSSR count). The van der Waals surface area contributed by atoms with Crippen LogP contribution in [-0.4, -0.2) is 58.5 Å². The fraction of sp³-hybridized carbons (Fsp3) is 0.355. The highest BCUT2D eigenvalue weighted by Crippen LogP contribution is 2.32. The number of hydrogen-bond acceptors (Lipinski definition) is 6. The fourth-order valence-corrected chi connectivity index (χ4v) is 5.75. The van der Waals surface area contributed by atoms with E-state index in [0.717, 1.165) is 28.3 Å². The van der Waals surface area contributed by atoms with Crippen LogP contribution in [0.5, 0.6) is 11.5 Å². The van der Waals surface area contributed by atoms with Gasteiger partial charge in [-0.15, -0.1) is 0 Å². The Kier molecular flexibility index (Phi) is 11.2. The van der Waals surface area contributed by atoms with Gasteiger partial charge in [-0.25, -0.2) is 8.42 Å². The number of ether oxygens (including phenoxy) is 2. The van der Waals surface area contributed by atoms with Gasteiger partial charge in [0.1, 0.15) is 12.6 Å². The molecule has 9 nitrogen and oxygen atoms in total. The van der Waals surface area contributed by atoms with Crippen LogP contribution in [0.3, 0.4) is 0 Å². The summed E-state index contributed by atoms with van der Waals surface area (Å²) in [5, 5.41) is 2.89. The zero-order valence-electron chi connectivity index (χ0n) is 24.3. The van der Waals surface area contributed by atoms with E-state index >= 15 is 0 Å². The summed E-state index contributed by atoms with van der Waals surface area (Å²) < 4.78 is 39.7. The van der Waals surface area contributed by atoms with E-state index < -0.39 is 28.5 Å². The molecule has 0 spiro atoms. The van der Waals surface area contributed by atoms with Crippen molar-refractivity contribution in [2.45, 2.75) is 51.1 Å². The second-order valence-corrected chi connectivity index (χ2v) is 11.5. The molecular formula is C31H39N3O6S. The number of benzene rings is 3. The Balaban J connectivity index is 2.02. The third-order valence-corrected chi connectivity index (χ3v) is 8.63. The number of nitrogens with one attached hydrogen (secondary N) is 1. The van der Waals surface area contributed by atoms with Crippen molar-refractivity contribution in [2.24, 2.45) is 0 Å². The van der Waals surface area contributed by atoms with Gasteiger partial charge >= 0.3 is 0 Å². The summed E-state index contributed by atoms with van der Waals surface area (Å²) in [7, 11) is -1.35. The first kappa shape index (κ1) is 31.5. The van der Waals surface area contributed by atoms with Crippen molar-refractivity contribution < 1.29 is 27.5 Å². The summed E-state index contributed by atoms with van der Waals surface area (Å²) in [5.41, 5.74) is 2.14. The van der Waals surface area contributed by atoms with Crippen molar-refractivity contribution in [1.29, 1.82) is 0 Å². The van der Waals surface area contributed by atoms with E-state index in [1.807, 2.05) is 38.1 Å². The average Bonchev–Trinajstić information content (AvgIpc) is 2.98. The molecule has 0 aliphatic carbocycles. The van der Waals surface area contributed by atoms with Crippen molar-refractivity contribution >= 4 is 27.5 Å². The van der Waals surface area contributed by atoms with Gasteiger partial charge in [-0.1, -0.05) is 55.8 Å². The second kappa shape index (κ2) is 14.5. The number of aryl methyl sites for hydroxylation is 1. The molecule has 1 atom stereocenters. The van der Waals surface area contributed by atoms with Gasteiger partial charge in [-0.2, -0.15) is 0 Å². The second-order valence-electron chi connectivity index (χ2n) is 9.63. The molecule has 2 amide bonds. The monoisotopic (exact) mass is 581 g/mol. The Morgan fingerprint density at radius 1 is 0.927 bits per heavy atom. The molecule has 0 saturated heterocycles. The summed E-state index contributed by atoms with van der Waals surface area (Å²) in [6.45, 7) is 5.75. The van der Waals surface area contributed by atoms with Gasteiger partial charge in [0, 0.05) is 19.2 Å². The largest absolute Gasteiger partial charge is 0.493 e. The molecular weight excluding hydrogens is 542 g/mol. The molecule has 220 valence electrons. The molecule has 0 bridgehead atoms. The highest BCUT2D eigenvalue weighted by Gasteiger charge is 2.33. The summed E-state index contributed by atoms with van der Waals surface area (Å²) >= 11 is 0. The fourth-order valence-electron chi connectivity index (χ4n) is 4.32. The van der Waals surface area contributed by atoms with Gasteiger partial charge in [0.15, 0.2) is 11.5 Å². The lowest BCUT2D eigenvalue weighted by molar-refractivity contribution is -0.139. The van der Waals surface area contributed by atoms with Crippen molar-refractivity contribution in [1.82, 2.24) is 10.2 Å². The lowest BCUT2D eigenvalue weighted by Gasteiger charge is -2.32. The number of unbranched alkanes of at least 4 members (excludes halogenated alkanes) is 1. The van der Waals surface area contributed by atoms with Crippen LogP contribution in [0.15, 0.2) is 77.7 Å². The molecule has 0 radical (unpaired) electrons. The van der Waals surface area contributed by atoms with E-state index in [1.54, 1.807) is 37.3 Å². The quantitative estimate of drug-likeness (QED) is 0.280. The number of anilines is 1. The van der Waals surface area contributed by atoms with Crippen LogP contribution in [-0.2, 0) is 26.2 Å². The smallest absolute Gasteiger partial charge is 0.264 e. The number of amides is 2. The predicted octanol–water partition coefficient (Wildman–Crippen LogP) is 4.54. The lowest BCUT2D eigenvalue weighted by atomic mass is 10.1. The van der Waals surface area contributed by atoms with Crippen LogP contribution in [0.4, 0.5) is 5.69 Å². The molecule has 10 heteroatoms. The molecule has 0 aromatic heterocycles. The lowest BCUT2D eigenvalue weighted by Crippen LogP contribution is -2.51. The number of hydrogen-bond donors (Lipinski definition) is 1. The van der Waals surface area contributed by atoms with Gasteiger partial charge in [0.2, 0.25) is 11.8 Å². The van der Waals surface area contributed by atoms with E-state index in [9.17, 15) is 18.0 Å². The summed E-state index contributed by atoms with van der Waals surface area (Å²) in [4.78, 5) is 28.5. The number of rotatable bonds is 14. The van der Waals surface area contributed by atoms with E-state index in [4.69, 9.17) is 9.47 Å². The van der Waals surface area contributed by atoms with E-state index in [2.05, 4.69) is 5.32 Å². The average molecular weight is 582 g/mol. The summed E-state index contributed by atoms with van der Waals surface area (Å²) in [5.74, 6) is -0.193. The van der Waals surface area contributed by atoms with E-state index in [0.29, 0.717) is 18.0 Å². The maximum atomic E-state index is 14.0. The minimum atomic E-state index is -4.24. The van der Waals surface area contributed by atoms with Crippen LogP contribution in [0, 0.1) is 6.92 Å². The maximum absolute atomic E-state index is 14.0. The molecule has 0 saturated carbocycles. The minimum Gasteiger partial charge on any atom is -0.493 e. The zero-order valence-corrected chi connectivity index (χ0v) is 25.1. The molecule has 41 heavy (non-hydrogen) atoms. The molecule has 0 unspecified atom stereocenters. The van der Waals surface area contributed by atoms with Gasteiger partial charge < -0.3 is 19.7 Å². The number of carbonyl (C=O) groups is 2. The molecule has 0 heterocycles. The third-order valence-electron chi connectivity index (χ3n) is 6.86. The molecule has 0 aliphatic heterocycles. The van der Waals surface area contributed by atoms with Crippen molar-refractivity contribution in [2.75, 3.05) is 31.6 Å². The Morgan fingerprint density at radius 3 is 2.22 bits per heavy atom. The number of nitrogens with zero attached hydrogens (tertiary/aromatic N) is 2. The van der Waals surface area contributed by atoms with Gasteiger partial charge in [0.05, 0.1) is 24.8 Å². The van der Waals surface area contributed by atoms with Crippen LogP contribution >= 0.6 is 0 Å². The van der Waals surface area contributed by atoms with Crippen LogP contribution < -0.4 is 19.1 Å². The van der Waals surface area contributed by atoms with E-state index in [1.165, 1.54) is 37.3 Å². The third kappa shape index (κ3) is 7.79. The number of carbonyl (C=O) groups excluding carboxylic acids is 2. The van der Waals surface area contributed by atoms with Crippen LogP contribution in [0.2, 0.25) is 0 Å². The standard InChI is InChI=1S/C31H39N3O6S/c1-6-7-19-32-31(36)24(3)33(21-25-14-12-11-13-23(25)2)30(35)22-34(26-15-9-8-10-16-26)41(37,38)27-17-18-28(39-4)29(20-27)40-5/h8-18,20,24H,6-7,19,21-22H2,1-5H3,(H,32,36)/t24-/m0/s1. The summed E-state index contributed by atoms with van der Waals surface area (Å²) in [6, 6.07) is 19.5. The van der Waals surface area contributed by atoms with E-state index in [-0.39, 0.29) is 23.1 Å². The Labute approximate surface area is 243 Å². The molecule has 0 aliphatic rings. The van der Waals surface area contributed by atoms with Gasteiger partial charge in [-0.3, -0.25) is 13.9 Å². The highest BCUT2D eigenvalue weighted by molar-refractivity contribution is 7.92. The van der Waals surface area contributed by atoms with Crippen molar-refractivity contribution in [3.8, 4) is 11.5 Å². The minimum absolute atomic E-state index is 0.0670. The van der Waals surface area contributed by atoms with Crippen LogP contribution in [0.1, 0.15) is 37.8 Å². The Bertz CT molecular complexity index is 1430. The SMILES string of the molecule is CCCCNC(=O)[C@H](C)N(Cc1ccccc1C)C(=O)CN(c1ccccc1)S(=O)(=O)c1ccc(OC)c(OC)c1. The van der Waals surface area contributed by atoms with Crippen molar-refractivity contribution in [3.63, 3.8) is 0 Å². The predicted molar refractivity (Wildman–Crippen MR) is 160 cm³/mol. The topological polar surface area (TPSA) is 105 Å². The number of sulfonamides is 1. The number of methoxy groups -OCH3 is 2. The summed E-state index contributed by atoms with van der Waals surface area (Å²) in [6.07, 6.45) is 1.73. The normalized spacial score (nSPS) is 11.8. The molecule has 3 aromatic carbocycles. The molecule has 3 aromatic rings.